The highest BCUT2D eigenvalue weighted by atomic mass is 16.6. The second-order valence-corrected chi connectivity index (χ2v) is 9.81. The van der Waals surface area contributed by atoms with Crippen LogP contribution in [-0.4, -0.2) is 42.1 Å². The lowest BCUT2D eigenvalue weighted by molar-refractivity contribution is -0.152. The molecule has 0 saturated carbocycles. The average Bonchev–Trinajstić information content (AvgIpc) is 3.18. The molecule has 0 bridgehead atoms. The molecule has 2 aromatic carbocycles. The maximum atomic E-state index is 13.8. The van der Waals surface area contributed by atoms with Crippen molar-refractivity contribution in [2.24, 2.45) is 0 Å². The number of hydrogen-bond acceptors (Lipinski definition) is 7. The topological polar surface area (TPSA) is 93.9 Å². The first-order valence-electron chi connectivity index (χ1n) is 12.4. The van der Waals surface area contributed by atoms with Crippen LogP contribution in [0.5, 0.6) is 0 Å². The number of allylic oxidation sites excluding steroid dienone is 2. The predicted molar refractivity (Wildman–Crippen MR) is 140 cm³/mol. The van der Waals surface area contributed by atoms with Crippen molar-refractivity contribution >= 4 is 17.6 Å². The molecule has 0 radical (unpaired) electrons. The molecular weight excluding hydrogens is 454 g/mol. The van der Waals surface area contributed by atoms with Crippen LogP contribution in [-0.2, 0) is 25.6 Å². The lowest BCUT2D eigenvalue weighted by atomic mass is 9.80. The van der Waals surface area contributed by atoms with E-state index < -0.39 is 23.5 Å². The van der Waals surface area contributed by atoms with Crippen molar-refractivity contribution in [3.8, 4) is 0 Å². The SMILES string of the molecule is CCOC(=O)C1=C(C)NC(C)=C(C(=O)OC2(C)CCN(Cc3ccccc3)C2)C1c1cccc(N)c1. The Morgan fingerprint density at radius 3 is 2.42 bits per heavy atom. The molecule has 2 aliphatic rings. The van der Waals surface area contributed by atoms with E-state index in [0.29, 0.717) is 34.8 Å². The monoisotopic (exact) mass is 489 g/mol. The average molecular weight is 490 g/mol. The summed E-state index contributed by atoms with van der Waals surface area (Å²) in [4.78, 5) is 29.1. The summed E-state index contributed by atoms with van der Waals surface area (Å²) in [5, 5.41) is 3.21. The summed E-state index contributed by atoms with van der Waals surface area (Å²) >= 11 is 0. The molecule has 2 aliphatic heterocycles. The first-order chi connectivity index (χ1) is 17.2. The van der Waals surface area contributed by atoms with Crippen LogP contribution < -0.4 is 11.1 Å². The number of benzene rings is 2. The Morgan fingerprint density at radius 2 is 1.75 bits per heavy atom. The van der Waals surface area contributed by atoms with Crippen LogP contribution in [0.1, 0.15) is 51.2 Å². The number of nitrogens with two attached hydrogens (primary N) is 1. The van der Waals surface area contributed by atoms with Gasteiger partial charge < -0.3 is 20.5 Å². The summed E-state index contributed by atoms with van der Waals surface area (Å²) in [6, 6.07) is 17.5. The van der Waals surface area contributed by atoms with E-state index in [2.05, 4.69) is 22.3 Å². The van der Waals surface area contributed by atoms with E-state index in [-0.39, 0.29) is 6.61 Å². The van der Waals surface area contributed by atoms with Gasteiger partial charge in [-0.1, -0.05) is 42.5 Å². The second-order valence-electron chi connectivity index (χ2n) is 9.81. The van der Waals surface area contributed by atoms with E-state index in [4.69, 9.17) is 15.2 Å². The van der Waals surface area contributed by atoms with Gasteiger partial charge in [-0.15, -0.1) is 0 Å². The van der Waals surface area contributed by atoms with Crippen molar-refractivity contribution in [3.05, 3.63) is 88.3 Å². The van der Waals surface area contributed by atoms with Crippen molar-refractivity contribution in [1.29, 1.82) is 0 Å². The number of esters is 2. The minimum Gasteiger partial charge on any atom is -0.463 e. The number of nitrogens with one attached hydrogen (secondary N) is 1. The van der Waals surface area contributed by atoms with Crippen LogP contribution in [0.25, 0.3) is 0 Å². The van der Waals surface area contributed by atoms with Crippen molar-refractivity contribution in [2.45, 2.75) is 52.2 Å². The number of dihydropyridines is 1. The van der Waals surface area contributed by atoms with Gasteiger partial charge in [0.2, 0.25) is 0 Å². The zero-order valence-corrected chi connectivity index (χ0v) is 21.5. The summed E-state index contributed by atoms with van der Waals surface area (Å²) in [5.74, 6) is -1.55. The van der Waals surface area contributed by atoms with Crippen LogP contribution in [0.3, 0.4) is 0 Å². The summed E-state index contributed by atoms with van der Waals surface area (Å²) in [7, 11) is 0. The van der Waals surface area contributed by atoms with E-state index >= 15 is 0 Å². The van der Waals surface area contributed by atoms with Crippen LogP contribution in [0.4, 0.5) is 5.69 Å². The maximum absolute atomic E-state index is 13.8. The number of nitrogen functional groups attached to an aromatic ring is 1. The molecule has 7 heteroatoms. The smallest absolute Gasteiger partial charge is 0.337 e. The fourth-order valence-electron chi connectivity index (χ4n) is 5.18. The minimum atomic E-state index is -0.647. The van der Waals surface area contributed by atoms with Crippen molar-refractivity contribution < 1.29 is 19.1 Å². The largest absolute Gasteiger partial charge is 0.463 e. The van der Waals surface area contributed by atoms with E-state index in [9.17, 15) is 9.59 Å². The van der Waals surface area contributed by atoms with Gasteiger partial charge in [0, 0.05) is 43.1 Å². The van der Waals surface area contributed by atoms with Crippen LogP contribution in [0, 0.1) is 0 Å². The van der Waals surface area contributed by atoms with Gasteiger partial charge in [-0.25, -0.2) is 9.59 Å². The zero-order chi connectivity index (χ0) is 25.9. The van der Waals surface area contributed by atoms with Gasteiger partial charge in [0.1, 0.15) is 5.60 Å². The lowest BCUT2D eigenvalue weighted by Crippen LogP contribution is -2.39. The number of nitrogens with zero attached hydrogens (tertiary/aromatic N) is 1. The highest BCUT2D eigenvalue weighted by molar-refractivity contribution is 6.00. The first-order valence-corrected chi connectivity index (χ1v) is 12.4. The Morgan fingerprint density at radius 1 is 1.06 bits per heavy atom. The quantitative estimate of drug-likeness (QED) is 0.443. The number of carbonyl (C=O) groups is 2. The highest BCUT2D eigenvalue weighted by Crippen LogP contribution is 2.41. The number of hydrogen-bond donors (Lipinski definition) is 2. The molecule has 190 valence electrons. The molecule has 1 fully saturated rings. The Bertz CT molecular complexity index is 1200. The number of ether oxygens (including phenoxy) is 2. The first kappa shape index (κ1) is 25.5. The fourth-order valence-corrected chi connectivity index (χ4v) is 5.18. The van der Waals surface area contributed by atoms with Gasteiger partial charge >= 0.3 is 11.9 Å². The number of likely N-dealkylation sites (tertiary alicyclic amines) is 1. The van der Waals surface area contributed by atoms with Gasteiger partial charge in [-0.2, -0.15) is 0 Å². The summed E-state index contributed by atoms with van der Waals surface area (Å²) in [6.45, 7) is 9.89. The Balaban J connectivity index is 1.61. The molecule has 0 spiro atoms. The van der Waals surface area contributed by atoms with Crippen LogP contribution >= 0.6 is 0 Å². The molecule has 2 heterocycles. The molecule has 2 unspecified atom stereocenters. The third-order valence-corrected chi connectivity index (χ3v) is 6.82. The minimum absolute atomic E-state index is 0.233. The fraction of sp³-hybridized carbons (Fsp3) is 0.379. The molecule has 2 aromatic rings. The third-order valence-electron chi connectivity index (χ3n) is 6.82. The van der Waals surface area contributed by atoms with Gasteiger partial charge in [-0.05, 0) is 51.0 Å². The highest BCUT2D eigenvalue weighted by Gasteiger charge is 2.42. The number of carbonyl (C=O) groups excluding carboxylic acids is 2. The van der Waals surface area contributed by atoms with Crippen molar-refractivity contribution in [3.63, 3.8) is 0 Å². The normalized spacial score (nSPS) is 22.4. The van der Waals surface area contributed by atoms with Crippen molar-refractivity contribution in [1.82, 2.24) is 10.2 Å². The van der Waals surface area contributed by atoms with Crippen molar-refractivity contribution in [2.75, 3.05) is 25.4 Å². The number of rotatable bonds is 7. The summed E-state index contributed by atoms with van der Waals surface area (Å²) in [5.41, 5.74) is 10.1. The molecule has 36 heavy (non-hydrogen) atoms. The van der Waals surface area contributed by atoms with E-state index in [1.54, 1.807) is 19.1 Å². The maximum Gasteiger partial charge on any atom is 0.337 e. The molecule has 0 amide bonds. The van der Waals surface area contributed by atoms with Crippen LogP contribution in [0.2, 0.25) is 0 Å². The lowest BCUT2D eigenvalue weighted by Gasteiger charge is -2.33. The summed E-state index contributed by atoms with van der Waals surface area (Å²) in [6.07, 6.45) is 0.730. The van der Waals surface area contributed by atoms with Gasteiger partial charge in [0.25, 0.3) is 0 Å². The van der Waals surface area contributed by atoms with Gasteiger partial charge in [0.05, 0.1) is 23.7 Å². The summed E-state index contributed by atoms with van der Waals surface area (Å²) < 4.78 is 11.6. The molecule has 3 N–H and O–H groups in total. The molecule has 2 atom stereocenters. The molecule has 7 nitrogen and oxygen atoms in total. The third kappa shape index (κ3) is 5.46. The van der Waals surface area contributed by atoms with E-state index in [1.165, 1.54) is 5.56 Å². The molecule has 1 saturated heterocycles. The Hall–Kier alpha value is -3.58. The predicted octanol–water partition coefficient (Wildman–Crippen LogP) is 4.27. The number of anilines is 1. The zero-order valence-electron chi connectivity index (χ0n) is 21.5. The van der Waals surface area contributed by atoms with Gasteiger partial charge in [-0.3, -0.25) is 4.90 Å². The molecule has 4 rings (SSSR count). The Kier molecular flexibility index (Phi) is 7.50. The van der Waals surface area contributed by atoms with E-state index in [1.807, 2.05) is 51.1 Å². The molecule has 0 aromatic heterocycles. The standard InChI is InChI=1S/C29H35N3O4/c1-5-35-27(33)24-19(2)31-20(3)25(26(24)22-12-9-13-23(30)16-22)28(34)36-29(4)14-15-32(18-29)17-21-10-7-6-8-11-21/h6-13,16,26,31H,5,14-15,17-18,30H2,1-4H3. The molecule has 0 aliphatic carbocycles. The van der Waals surface area contributed by atoms with Crippen LogP contribution in [0.15, 0.2) is 77.1 Å². The Labute approximate surface area is 213 Å². The molecular formula is C29H35N3O4. The van der Waals surface area contributed by atoms with E-state index in [0.717, 1.165) is 25.1 Å². The van der Waals surface area contributed by atoms with Gasteiger partial charge in [0.15, 0.2) is 0 Å². The second kappa shape index (κ2) is 10.6.